The fraction of sp³-hybridized carbons (Fsp3) is 0.800. The first-order valence-electron chi connectivity index (χ1n) is 2.19. The van der Waals surface area contributed by atoms with Crippen LogP contribution in [-0.2, 0) is 18.6 Å². The number of hydrogen-bond acceptors (Lipinski definition) is 0. The Morgan fingerprint density at radius 1 is 1.50 bits per heavy atom. The molecule has 0 amide bonds. The van der Waals surface area contributed by atoms with Gasteiger partial charge in [0.1, 0.15) is 0 Å². The van der Waals surface area contributed by atoms with Gasteiger partial charge in [0.05, 0.1) is 0 Å². The summed E-state index contributed by atoms with van der Waals surface area (Å²) in [4.78, 5) is 0. The molecule has 0 nitrogen and oxygen atoms in total. The Morgan fingerprint density at radius 3 is 2.00 bits per heavy atom. The van der Waals surface area contributed by atoms with Crippen molar-refractivity contribution in [2.24, 2.45) is 0 Å². The van der Waals surface area contributed by atoms with E-state index in [1.54, 1.807) is 0 Å². The first-order chi connectivity index (χ1) is 2.41. The van der Waals surface area contributed by atoms with Gasteiger partial charge in [-0.15, -0.1) is 0 Å². The van der Waals surface area contributed by atoms with Crippen LogP contribution in [-0.4, -0.2) is 0 Å². The minimum atomic E-state index is 0. The zero-order valence-corrected chi connectivity index (χ0v) is 5.84. The summed E-state index contributed by atoms with van der Waals surface area (Å²) in [5.74, 6) is 0. The van der Waals surface area contributed by atoms with Crippen molar-refractivity contribution in [3.05, 3.63) is 6.42 Å². The normalized spacial score (nSPS) is 7.00. The standard InChI is InChI=1S/C5H11.V/c1-3-5-4-2;/h3H,4-5H2,1-2H3;/q-1;. The molecule has 0 bridgehead atoms. The Bertz CT molecular complexity index is 11.4. The van der Waals surface area contributed by atoms with Gasteiger partial charge in [0.2, 0.25) is 0 Å². The maximum Gasteiger partial charge on any atom is 0 e. The smallest absolute Gasteiger partial charge is 0 e. The number of unbranched alkanes of at least 4 members (excludes halogenated alkanes) is 2. The molecule has 0 aliphatic rings. The molecule has 0 spiro atoms. The Kier molecular flexibility index (Phi) is 14.9. The molecule has 0 aromatic rings. The van der Waals surface area contributed by atoms with Crippen LogP contribution < -0.4 is 0 Å². The van der Waals surface area contributed by atoms with Gasteiger partial charge in [0.15, 0.2) is 0 Å². The minimum absolute atomic E-state index is 0. The van der Waals surface area contributed by atoms with Gasteiger partial charge in [-0.2, -0.15) is 13.3 Å². The van der Waals surface area contributed by atoms with Gasteiger partial charge in [0.25, 0.3) is 0 Å². The van der Waals surface area contributed by atoms with E-state index in [9.17, 15) is 0 Å². The predicted molar refractivity (Wildman–Crippen MR) is 24.9 cm³/mol. The number of rotatable bonds is 2. The molecule has 0 atom stereocenters. The molecule has 0 unspecified atom stereocenters. The van der Waals surface area contributed by atoms with Crippen LogP contribution in [0.2, 0.25) is 0 Å². The Balaban J connectivity index is 0. The first-order valence-corrected chi connectivity index (χ1v) is 2.19. The van der Waals surface area contributed by atoms with Gasteiger partial charge in [-0.25, -0.2) is 0 Å². The monoisotopic (exact) mass is 122 g/mol. The second-order valence-corrected chi connectivity index (χ2v) is 1.20. The summed E-state index contributed by atoms with van der Waals surface area (Å²) in [6, 6.07) is 0. The molecule has 0 saturated heterocycles. The largest absolute Gasteiger partial charge is 0.332 e. The summed E-state index contributed by atoms with van der Waals surface area (Å²) in [6.07, 6.45) is 4.73. The number of hydrogen-bond donors (Lipinski definition) is 0. The van der Waals surface area contributed by atoms with Gasteiger partial charge in [0, 0.05) is 18.6 Å². The van der Waals surface area contributed by atoms with E-state index < -0.39 is 0 Å². The van der Waals surface area contributed by atoms with Gasteiger partial charge < -0.3 is 6.42 Å². The second-order valence-electron chi connectivity index (χ2n) is 1.20. The van der Waals surface area contributed by atoms with Crippen LogP contribution in [0.15, 0.2) is 0 Å². The van der Waals surface area contributed by atoms with Crippen LogP contribution in [0.4, 0.5) is 0 Å². The molecular weight excluding hydrogens is 111 g/mol. The Morgan fingerprint density at radius 2 is 2.00 bits per heavy atom. The van der Waals surface area contributed by atoms with Crippen molar-refractivity contribution in [3.8, 4) is 0 Å². The summed E-state index contributed by atoms with van der Waals surface area (Å²) in [5.41, 5.74) is 0. The summed E-state index contributed by atoms with van der Waals surface area (Å²) < 4.78 is 0. The average Bonchev–Trinajstić information content (AvgIpc) is 1.41. The molecule has 0 heterocycles. The fourth-order valence-electron chi connectivity index (χ4n) is 0.289. The maximum absolute atomic E-state index is 2.18. The van der Waals surface area contributed by atoms with E-state index in [0.717, 1.165) is 0 Å². The molecule has 0 aliphatic carbocycles. The summed E-state index contributed by atoms with van der Waals surface area (Å²) in [7, 11) is 0. The van der Waals surface area contributed by atoms with Crippen LogP contribution in [0.3, 0.4) is 0 Å². The molecule has 0 N–H and O–H groups in total. The zero-order valence-electron chi connectivity index (χ0n) is 4.44. The third-order valence-corrected chi connectivity index (χ3v) is 0.577. The van der Waals surface area contributed by atoms with E-state index in [-0.39, 0.29) is 18.6 Å². The quantitative estimate of drug-likeness (QED) is 0.491. The molecule has 6 heavy (non-hydrogen) atoms. The molecule has 0 fully saturated rings. The van der Waals surface area contributed by atoms with Gasteiger partial charge >= 0.3 is 0 Å². The van der Waals surface area contributed by atoms with Crippen LogP contribution in [0.5, 0.6) is 0 Å². The molecule has 0 saturated carbocycles. The van der Waals surface area contributed by atoms with Gasteiger partial charge in [-0.05, 0) is 0 Å². The van der Waals surface area contributed by atoms with E-state index in [0.29, 0.717) is 0 Å². The van der Waals surface area contributed by atoms with Gasteiger partial charge in [-0.1, -0.05) is 13.3 Å². The average molecular weight is 122 g/mol. The van der Waals surface area contributed by atoms with E-state index in [1.807, 2.05) is 0 Å². The van der Waals surface area contributed by atoms with Crippen molar-refractivity contribution in [2.45, 2.75) is 26.7 Å². The van der Waals surface area contributed by atoms with Crippen LogP contribution in [0, 0.1) is 6.42 Å². The maximum atomic E-state index is 2.18. The van der Waals surface area contributed by atoms with E-state index in [4.69, 9.17) is 0 Å². The van der Waals surface area contributed by atoms with Crippen LogP contribution in [0.25, 0.3) is 0 Å². The zero-order chi connectivity index (χ0) is 4.12. The second kappa shape index (κ2) is 9.14. The summed E-state index contributed by atoms with van der Waals surface area (Å²) >= 11 is 0. The molecular formula is C5H11V-. The molecule has 1 radical (unpaired) electrons. The topological polar surface area (TPSA) is 0 Å². The van der Waals surface area contributed by atoms with Crippen LogP contribution in [0.1, 0.15) is 26.7 Å². The van der Waals surface area contributed by atoms with Crippen molar-refractivity contribution in [2.75, 3.05) is 0 Å². The van der Waals surface area contributed by atoms with Gasteiger partial charge in [-0.3, -0.25) is 0 Å². The molecule has 0 aromatic carbocycles. The Labute approximate surface area is 52.2 Å². The molecule has 0 rings (SSSR count). The first kappa shape index (κ1) is 9.77. The molecule has 0 aliphatic heterocycles. The van der Waals surface area contributed by atoms with E-state index >= 15 is 0 Å². The SMILES string of the molecule is C[CH-]CCC.[V]. The van der Waals surface area contributed by atoms with E-state index in [1.165, 1.54) is 12.8 Å². The Hall–Kier alpha value is 0.584. The summed E-state index contributed by atoms with van der Waals surface area (Å²) in [6.45, 7) is 4.27. The third kappa shape index (κ3) is 8.82. The summed E-state index contributed by atoms with van der Waals surface area (Å²) in [5, 5.41) is 0. The van der Waals surface area contributed by atoms with Crippen molar-refractivity contribution in [3.63, 3.8) is 0 Å². The molecule has 0 aromatic heterocycles. The van der Waals surface area contributed by atoms with Crippen molar-refractivity contribution in [1.29, 1.82) is 0 Å². The van der Waals surface area contributed by atoms with Crippen molar-refractivity contribution in [1.82, 2.24) is 0 Å². The third-order valence-electron chi connectivity index (χ3n) is 0.577. The molecule has 1 heteroatoms. The molecule has 37 valence electrons. The van der Waals surface area contributed by atoms with Crippen LogP contribution >= 0.6 is 0 Å². The van der Waals surface area contributed by atoms with Crippen molar-refractivity contribution >= 4 is 0 Å². The van der Waals surface area contributed by atoms with Crippen molar-refractivity contribution < 1.29 is 18.6 Å². The fourth-order valence-corrected chi connectivity index (χ4v) is 0.289. The predicted octanol–water partition coefficient (Wildman–Crippen LogP) is 2.01. The van der Waals surface area contributed by atoms with E-state index in [2.05, 4.69) is 20.3 Å². The minimum Gasteiger partial charge on any atom is -0.332 e.